The van der Waals surface area contributed by atoms with Crippen molar-refractivity contribution in [3.63, 3.8) is 0 Å². The van der Waals surface area contributed by atoms with Gasteiger partial charge in [0, 0.05) is 0 Å². The Morgan fingerprint density at radius 1 is 1.37 bits per heavy atom. The molecule has 0 saturated carbocycles. The highest BCUT2D eigenvalue weighted by Gasteiger charge is 2.31. The highest BCUT2D eigenvalue weighted by molar-refractivity contribution is 7.11. The number of carbonyl (C=O) groups is 3. The first-order valence-corrected chi connectivity index (χ1v) is 6.06. The van der Waals surface area contributed by atoms with Gasteiger partial charge in [-0.05, 0) is 0 Å². The van der Waals surface area contributed by atoms with Crippen LogP contribution < -0.4 is 4.87 Å². The van der Waals surface area contributed by atoms with Crippen LogP contribution in [0.3, 0.4) is 0 Å². The topological polar surface area (TPSA) is 106 Å². The first-order chi connectivity index (χ1) is 8.93. The number of esters is 1. The van der Waals surface area contributed by atoms with E-state index in [0.29, 0.717) is 0 Å². The number of carbonyl (C=O) groups excluding carboxylic acids is 2. The summed E-state index contributed by atoms with van der Waals surface area (Å²) in [7, 11) is 1.18. The van der Waals surface area contributed by atoms with Crippen LogP contribution in [0, 0.1) is 0 Å². The van der Waals surface area contributed by atoms with Crippen molar-refractivity contribution < 1.29 is 24.2 Å². The van der Waals surface area contributed by atoms with Gasteiger partial charge >= 0.3 is 16.9 Å². The summed E-state index contributed by atoms with van der Waals surface area (Å²) >= 11 is 0.722. The molecule has 1 aliphatic rings. The summed E-state index contributed by atoms with van der Waals surface area (Å²) in [6.07, 6.45) is -1.25. The number of rotatable bonds is 2. The van der Waals surface area contributed by atoms with E-state index in [1.54, 1.807) is 0 Å². The second kappa shape index (κ2) is 4.84. The molecule has 0 radical (unpaired) electrons. The number of thiazole rings is 1. The van der Waals surface area contributed by atoms with Crippen LogP contribution in [0.25, 0.3) is 0 Å². The molecule has 1 aliphatic heterocycles. The molecular formula is C10H10N2O6S. The second-order valence-corrected chi connectivity index (χ2v) is 4.83. The summed E-state index contributed by atoms with van der Waals surface area (Å²) in [5.41, 5.74) is 0.249. The quantitative estimate of drug-likeness (QED) is 0.752. The smallest absolute Gasteiger partial charge is 0.408 e. The SMILES string of the molecule is COC(=O)Cn1c2c(sc1=O)C(=O)CN(C(=O)O)C2. The molecule has 0 aromatic carbocycles. The van der Waals surface area contributed by atoms with Crippen LogP contribution in [-0.4, -0.2) is 46.1 Å². The number of nitrogens with zero attached hydrogens (tertiary/aromatic N) is 2. The van der Waals surface area contributed by atoms with Crippen LogP contribution in [0.2, 0.25) is 0 Å². The molecule has 102 valence electrons. The van der Waals surface area contributed by atoms with Crippen LogP contribution in [-0.2, 0) is 22.6 Å². The number of methoxy groups -OCH3 is 1. The number of ether oxygens (including phenoxy) is 1. The molecule has 0 aliphatic carbocycles. The Balaban J connectivity index is 2.43. The molecule has 0 atom stereocenters. The maximum atomic E-state index is 11.8. The van der Waals surface area contributed by atoms with Crippen molar-refractivity contribution in [1.29, 1.82) is 0 Å². The lowest BCUT2D eigenvalue weighted by molar-refractivity contribution is -0.141. The Kier molecular flexibility index (Phi) is 3.38. The number of amides is 1. The van der Waals surface area contributed by atoms with Gasteiger partial charge in [0.1, 0.15) is 6.54 Å². The third-order valence-electron chi connectivity index (χ3n) is 2.71. The monoisotopic (exact) mass is 286 g/mol. The largest absolute Gasteiger partial charge is 0.468 e. The summed E-state index contributed by atoms with van der Waals surface area (Å²) in [6.45, 7) is -0.700. The lowest BCUT2D eigenvalue weighted by atomic mass is 10.1. The Labute approximate surface area is 110 Å². The maximum absolute atomic E-state index is 11.8. The van der Waals surface area contributed by atoms with Crippen LogP contribution >= 0.6 is 11.3 Å². The third kappa shape index (κ3) is 2.36. The molecular weight excluding hydrogens is 276 g/mol. The molecule has 1 N–H and O–H groups in total. The van der Waals surface area contributed by atoms with Gasteiger partial charge < -0.3 is 9.84 Å². The fraction of sp³-hybridized carbons (Fsp3) is 0.400. The molecule has 2 rings (SSSR count). The van der Waals surface area contributed by atoms with Gasteiger partial charge in [-0.3, -0.25) is 23.9 Å². The molecule has 1 aromatic heterocycles. The minimum atomic E-state index is -1.25. The lowest BCUT2D eigenvalue weighted by Gasteiger charge is -2.23. The molecule has 1 aromatic rings. The van der Waals surface area contributed by atoms with Gasteiger partial charge in [-0.2, -0.15) is 0 Å². The average Bonchev–Trinajstić information content (AvgIpc) is 2.67. The molecule has 0 unspecified atom stereocenters. The van der Waals surface area contributed by atoms with Gasteiger partial charge in [-0.1, -0.05) is 11.3 Å². The number of ketones is 1. The van der Waals surface area contributed by atoms with Crippen LogP contribution in [0.15, 0.2) is 4.79 Å². The number of hydrogen-bond acceptors (Lipinski definition) is 6. The molecule has 0 fully saturated rings. The predicted octanol–water partition coefficient (Wildman–Crippen LogP) is -0.241. The van der Waals surface area contributed by atoms with Crippen molar-refractivity contribution in [2.75, 3.05) is 13.7 Å². The first kappa shape index (κ1) is 13.3. The Morgan fingerprint density at radius 3 is 2.63 bits per heavy atom. The molecule has 0 spiro atoms. The van der Waals surface area contributed by atoms with Crippen LogP contribution in [0.4, 0.5) is 4.79 Å². The fourth-order valence-corrected chi connectivity index (χ4v) is 2.71. The summed E-state index contributed by atoms with van der Waals surface area (Å²) in [6, 6.07) is 0. The van der Waals surface area contributed by atoms with E-state index in [1.165, 1.54) is 7.11 Å². The minimum absolute atomic E-state index is 0.0911. The Bertz CT molecular complexity index is 616. The fourth-order valence-electron chi connectivity index (χ4n) is 1.78. The molecule has 0 bridgehead atoms. The highest BCUT2D eigenvalue weighted by Crippen LogP contribution is 2.21. The van der Waals surface area contributed by atoms with E-state index >= 15 is 0 Å². The second-order valence-electron chi connectivity index (χ2n) is 3.87. The van der Waals surface area contributed by atoms with E-state index in [1.807, 2.05) is 0 Å². The molecule has 9 heteroatoms. The lowest BCUT2D eigenvalue weighted by Crippen LogP contribution is -2.39. The van der Waals surface area contributed by atoms with Gasteiger partial charge in [0.15, 0.2) is 5.78 Å². The van der Waals surface area contributed by atoms with E-state index in [-0.39, 0.29) is 30.2 Å². The maximum Gasteiger partial charge on any atom is 0.408 e. The first-order valence-electron chi connectivity index (χ1n) is 5.24. The van der Waals surface area contributed by atoms with Crippen LogP contribution in [0.5, 0.6) is 0 Å². The van der Waals surface area contributed by atoms with E-state index < -0.39 is 22.7 Å². The van der Waals surface area contributed by atoms with Crippen molar-refractivity contribution in [2.24, 2.45) is 0 Å². The number of hydrogen-bond donors (Lipinski definition) is 1. The third-order valence-corrected chi connectivity index (χ3v) is 3.77. The molecule has 0 saturated heterocycles. The zero-order valence-corrected chi connectivity index (χ0v) is 10.7. The molecule has 19 heavy (non-hydrogen) atoms. The van der Waals surface area contributed by atoms with Crippen LogP contribution in [0.1, 0.15) is 15.4 Å². The Hall–Kier alpha value is -2.16. The highest BCUT2D eigenvalue weighted by atomic mass is 32.1. The van der Waals surface area contributed by atoms with E-state index in [2.05, 4.69) is 4.74 Å². The van der Waals surface area contributed by atoms with E-state index in [9.17, 15) is 19.2 Å². The molecule has 2 heterocycles. The number of aromatic nitrogens is 1. The predicted molar refractivity (Wildman–Crippen MR) is 63.4 cm³/mol. The number of Topliss-reactive ketones (excluding diaryl/α,β-unsaturated/α-hetero) is 1. The van der Waals surface area contributed by atoms with Gasteiger partial charge in [0.25, 0.3) is 0 Å². The van der Waals surface area contributed by atoms with Gasteiger partial charge in [-0.15, -0.1) is 0 Å². The zero-order valence-electron chi connectivity index (χ0n) is 9.91. The molecule has 1 amide bonds. The van der Waals surface area contributed by atoms with Crippen molar-refractivity contribution >= 4 is 29.2 Å². The van der Waals surface area contributed by atoms with Crippen molar-refractivity contribution in [1.82, 2.24) is 9.47 Å². The van der Waals surface area contributed by atoms with Crippen molar-refractivity contribution in [3.8, 4) is 0 Å². The minimum Gasteiger partial charge on any atom is -0.468 e. The van der Waals surface area contributed by atoms with Gasteiger partial charge in [0.2, 0.25) is 0 Å². The average molecular weight is 286 g/mol. The van der Waals surface area contributed by atoms with Gasteiger partial charge in [-0.25, -0.2) is 4.79 Å². The van der Waals surface area contributed by atoms with Crippen molar-refractivity contribution in [3.05, 3.63) is 20.2 Å². The summed E-state index contributed by atoms with van der Waals surface area (Å²) < 4.78 is 5.54. The summed E-state index contributed by atoms with van der Waals surface area (Å²) in [5.74, 6) is -1.07. The number of carboxylic acid groups (broad SMARTS) is 1. The van der Waals surface area contributed by atoms with Gasteiger partial charge in [0.05, 0.1) is 30.8 Å². The molecule has 8 nitrogen and oxygen atoms in total. The standard InChI is InChI=1S/C10H10N2O6S/c1-18-7(14)4-12-5-2-11(9(15)16)3-6(13)8(5)19-10(12)17/h2-4H2,1H3,(H,15,16). The summed E-state index contributed by atoms with van der Waals surface area (Å²) in [5, 5.41) is 8.91. The van der Waals surface area contributed by atoms with E-state index in [4.69, 9.17) is 5.11 Å². The van der Waals surface area contributed by atoms with Crippen molar-refractivity contribution in [2.45, 2.75) is 13.1 Å². The number of fused-ring (bicyclic) bond motifs is 1. The Morgan fingerprint density at radius 2 is 2.05 bits per heavy atom. The normalized spacial score (nSPS) is 14.2. The summed E-state index contributed by atoms with van der Waals surface area (Å²) in [4.78, 5) is 46.3. The van der Waals surface area contributed by atoms with E-state index in [0.717, 1.165) is 20.8 Å². The zero-order chi connectivity index (χ0) is 14.2.